The van der Waals surface area contributed by atoms with Crippen LogP contribution in [0.1, 0.15) is 17.9 Å². The summed E-state index contributed by atoms with van der Waals surface area (Å²) >= 11 is 6.99. The van der Waals surface area contributed by atoms with Gasteiger partial charge in [0.2, 0.25) is 0 Å². The highest BCUT2D eigenvalue weighted by atomic mass is 79.9. The first-order valence-electron chi connectivity index (χ1n) is 6.74. The third-order valence-electron chi connectivity index (χ3n) is 3.53. The van der Waals surface area contributed by atoms with Crippen LogP contribution in [0.15, 0.2) is 45.3 Å². The minimum atomic E-state index is 0.339. The third-order valence-corrected chi connectivity index (χ3v) is 4.71. The van der Waals surface area contributed by atoms with Crippen molar-refractivity contribution in [2.75, 3.05) is 18.9 Å². The molecule has 0 bridgehead atoms. The largest absolute Gasteiger partial charge is 0.493 e. The van der Waals surface area contributed by atoms with E-state index in [-0.39, 0.29) is 0 Å². The highest BCUT2D eigenvalue weighted by molar-refractivity contribution is 9.11. The molecule has 0 saturated heterocycles. The highest BCUT2D eigenvalue weighted by Crippen LogP contribution is 2.38. The van der Waals surface area contributed by atoms with Gasteiger partial charge in [-0.1, -0.05) is 18.2 Å². The average Bonchev–Trinajstić information content (AvgIpc) is 2.46. The van der Waals surface area contributed by atoms with Crippen molar-refractivity contribution in [2.45, 2.75) is 12.3 Å². The van der Waals surface area contributed by atoms with Gasteiger partial charge >= 0.3 is 0 Å². The molecule has 1 aliphatic rings. The quantitative estimate of drug-likeness (QED) is 0.740. The second kappa shape index (κ2) is 6.28. The lowest BCUT2D eigenvalue weighted by molar-refractivity contribution is 0.216. The van der Waals surface area contributed by atoms with E-state index in [9.17, 15) is 0 Å². The SMILES string of the molecule is Nc1cc(Br)c(OCC2CCOc3ccccc32)c(Br)c1. The van der Waals surface area contributed by atoms with Crippen molar-refractivity contribution >= 4 is 37.5 Å². The van der Waals surface area contributed by atoms with Crippen LogP contribution < -0.4 is 15.2 Å². The minimum Gasteiger partial charge on any atom is -0.493 e. The van der Waals surface area contributed by atoms with Crippen LogP contribution in [0, 0.1) is 0 Å². The second-order valence-corrected chi connectivity index (χ2v) is 6.71. The molecule has 1 aliphatic heterocycles. The van der Waals surface area contributed by atoms with E-state index in [4.69, 9.17) is 15.2 Å². The van der Waals surface area contributed by atoms with Gasteiger partial charge in [0.15, 0.2) is 0 Å². The Bertz CT molecular complexity index is 637. The summed E-state index contributed by atoms with van der Waals surface area (Å²) in [6, 6.07) is 11.8. The predicted octanol–water partition coefficient (Wildman–Crippen LogP) is 4.74. The molecule has 2 aromatic carbocycles. The number of ether oxygens (including phenoxy) is 2. The van der Waals surface area contributed by atoms with E-state index in [2.05, 4.69) is 37.9 Å². The standard InChI is InChI=1S/C16H15Br2NO2/c17-13-7-11(19)8-14(18)16(13)21-9-10-5-6-20-15-4-2-1-3-12(10)15/h1-4,7-8,10H,5-6,9,19H2. The topological polar surface area (TPSA) is 44.5 Å². The predicted molar refractivity (Wildman–Crippen MR) is 91.0 cm³/mol. The van der Waals surface area contributed by atoms with E-state index in [0.29, 0.717) is 18.2 Å². The first-order valence-corrected chi connectivity index (χ1v) is 8.33. The van der Waals surface area contributed by atoms with Crippen LogP contribution in [-0.2, 0) is 0 Å². The van der Waals surface area contributed by atoms with Crippen LogP contribution in [0.3, 0.4) is 0 Å². The van der Waals surface area contributed by atoms with Crippen molar-refractivity contribution < 1.29 is 9.47 Å². The first-order chi connectivity index (χ1) is 10.1. The molecule has 2 aromatic rings. The summed E-state index contributed by atoms with van der Waals surface area (Å²) < 4.78 is 13.4. The van der Waals surface area contributed by atoms with Crippen LogP contribution in [0.2, 0.25) is 0 Å². The van der Waals surface area contributed by atoms with Gasteiger partial charge < -0.3 is 15.2 Å². The Balaban J connectivity index is 1.78. The van der Waals surface area contributed by atoms with Crippen molar-refractivity contribution in [3.05, 3.63) is 50.9 Å². The number of anilines is 1. The Hall–Kier alpha value is -1.20. The fourth-order valence-electron chi connectivity index (χ4n) is 2.49. The highest BCUT2D eigenvalue weighted by Gasteiger charge is 2.22. The zero-order chi connectivity index (χ0) is 14.8. The van der Waals surface area contributed by atoms with Crippen molar-refractivity contribution in [1.82, 2.24) is 0 Å². The molecule has 0 amide bonds. The van der Waals surface area contributed by atoms with Crippen LogP contribution in [0.5, 0.6) is 11.5 Å². The van der Waals surface area contributed by atoms with Crippen LogP contribution in [-0.4, -0.2) is 13.2 Å². The molecule has 3 nitrogen and oxygen atoms in total. The van der Waals surface area contributed by atoms with Gasteiger partial charge in [-0.3, -0.25) is 0 Å². The van der Waals surface area contributed by atoms with Crippen molar-refractivity contribution in [3.8, 4) is 11.5 Å². The Labute approximate surface area is 140 Å². The molecular weight excluding hydrogens is 398 g/mol. The number of nitrogens with two attached hydrogens (primary N) is 1. The molecule has 0 aromatic heterocycles. The molecule has 1 heterocycles. The number of hydrogen-bond donors (Lipinski definition) is 1. The van der Waals surface area contributed by atoms with E-state index in [1.807, 2.05) is 30.3 Å². The van der Waals surface area contributed by atoms with Gasteiger partial charge in [0, 0.05) is 17.2 Å². The van der Waals surface area contributed by atoms with Gasteiger partial charge in [-0.2, -0.15) is 0 Å². The van der Waals surface area contributed by atoms with E-state index >= 15 is 0 Å². The Morgan fingerprint density at radius 3 is 2.67 bits per heavy atom. The number of para-hydroxylation sites is 1. The van der Waals surface area contributed by atoms with E-state index in [1.165, 1.54) is 5.56 Å². The molecule has 110 valence electrons. The van der Waals surface area contributed by atoms with E-state index in [1.54, 1.807) is 0 Å². The van der Waals surface area contributed by atoms with Gasteiger partial charge in [0.05, 0.1) is 22.2 Å². The molecule has 1 atom stereocenters. The number of nitrogen functional groups attached to an aromatic ring is 1. The molecule has 3 rings (SSSR count). The molecule has 0 radical (unpaired) electrons. The Kier molecular flexibility index (Phi) is 4.40. The van der Waals surface area contributed by atoms with Crippen LogP contribution >= 0.6 is 31.9 Å². The average molecular weight is 413 g/mol. The number of rotatable bonds is 3. The molecule has 0 fully saturated rings. The Morgan fingerprint density at radius 2 is 1.90 bits per heavy atom. The lowest BCUT2D eigenvalue weighted by Gasteiger charge is -2.26. The van der Waals surface area contributed by atoms with Crippen molar-refractivity contribution in [1.29, 1.82) is 0 Å². The molecule has 0 spiro atoms. The fourth-order valence-corrected chi connectivity index (χ4v) is 3.94. The van der Waals surface area contributed by atoms with Crippen LogP contribution in [0.25, 0.3) is 0 Å². The summed E-state index contributed by atoms with van der Waals surface area (Å²) in [5.74, 6) is 2.09. The summed E-state index contributed by atoms with van der Waals surface area (Å²) in [4.78, 5) is 0. The van der Waals surface area contributed by atoms with Gasteiger partial charge in [-0.15, -0.1) is 0 Å². The number of benzene rings is 2. The van der Waals surface area contributed by atoms with Gasteiger partial charge in [0.25, 0.3) is 0 Å². The normalized spacial score (nSPS) is 17.0. The second-order valence-electron chi connectivity index (χ2n) is 5.00. The fraction of sp³-hybridized carbons (Fsp3) is 0.250. The summed E-state index contributed by atoms with van der Waals surface area (Å²) in [6.45, 7) is 1.34. The maximum absolute atomic E-state index is 6.01. The monoisotopic (exact) mass is 411 g/mol. The minimum absolute atomic E-state index is 0.339. The molecule has 21 heavy (non-hydrogen) atoms. The van der Waals surface area contributed by atoms with Crippen molar-refractivity contribution in [3.63, 3.8) is 0 Å². The number of halogens is 2. The summed E-state index contributed by atoms with van der Waals surface area (Å²) in [7, 11) is 0. The van der Waals surface area contributed by atoms with Gasteiger partial charge in [-0.05, 0) is 56.5 Å². The van der Waals surface area contributed by atoms with Crippen molar-refractivity contribution in [2.24, 2.45) is 0 Å². The zero-order valence-corrected chi connectivity index (χ0v) is 14.5. The van der Waals surface area contributed by atoms with Crippen LogP contribution in [0.4, 0.5) is 5.69 Å². The molecule has 1 unspecified atom stereocenters. The summed E-state index contributed by atoms with van der Waals surface area (Å²) in [5, 5.41) is 0. The van der Waals surface area contributed by atoms with Gasteiger partial charge in [-0.25, -0.2) is 0 Å². The van der Waals surface area contributed by atoms with E-state index < -0.39 is 0 Å². The summed E-state index contributed by atoms with van der Waals surface area (Å²) in [5.41, 5.74) is 7.70. The maximum Gasteiger partial charge on any atom is 0.147 e. The van der Waals surface area contributed by atoms with Gasteiger partial charge in [0.1, 0.15) is 11.5 Å². The first kappa shape index (κ1) is 14.7. The number of fused-ring (bicyclic) bond motifs is 1. The maximum atomic E-state index is 6.01. The molecule has 0 aliphatic carbocycles. The Morgan fingerprint density at radius 1 is 1.19 bits per heavy atom. The zero-order valence-electron chi connectivity index (χ0n) is 11.3. The molecule has 0 saturated carbocycles. The number of hydrogen-bond acceptors (Lipinski definition) is 3. The lowest BCUT2D eigenvalue weighted by atomic mass is 9.94. The smallest absolute Gasteiger partial charge is 0.147 e. The lowest BCUT2D eigenvalue weighted by Crippen LogP contribution is -2.19. The third kappa shape index (κ3) is 3.19. The molecular formula is C16H15Br2NO2. The summed E-state index contributed by atoms with van der Waals surface area (Å²) in [6.07, 6.45) is 0.960. The molecule has 5 heteroatoms. The van der Waals surface area contributed by atoms with E-state index in [0.717, 1.165) is 33.5 Å². The molecule has 2 N–H and O–H groups in total.